The third kappa shape index (κ3) is 3.01. The first kappa shape index (κ1) is 15.8. The Balaban J connectivity index is 1.90. The van der Waals surface area contributed by atoms with Crippen LogP contribution in [0.25, 0.3) is 5.82 Å². The van der Waals surface area contributed by atoms with Gasteiger partial charge in [-0.3, -0.25) is 4.79 Å². The lowest BCUT2D eigenvalue weighted by molar-refractivity contribution is 0.102. The van der Waals surface area contributed by atoms with E-state index in [-0.39, 0.29) is 5.69 Å². The fraction of sp³-hybridized carbons (Fsp3) is 0.118. The molecule has 1 aromatic carbocycles. The molecule has 0 aliphatic rings. The molecule has 0 fully saturated rings. The van der Waals surface area contributed by atoms with E-state index in [2.05, 4.69) is 15.4 Å². The number of hydrogen-bond donors (Lipinski definition) is 1. The van der Waals surface area contributed by atoms with Crippen LogP contribution < -0.4 is 5.32 Å². The fourth-order valence-electron chi connectivity index (χ4n) is 2.35. The maximum atomic E-state index is 13.3. The highest BCUT2D eigenvalue weighted by Gasteiger charge is 2.18. The van der Waals surface area contributed by atoms with Crippen molar-refractivity contribution in [2.75, 3.05) is 5.32 Å². The van der Waals surface area contributed by atoms with Crippen LogP contribution in [0.4, 0.5) is 14.5 Å². The van der Waals surface area contributed by atoms with Gasteiger partial charge in [-0.05, 0) is 30.7 Å². The van der Waals surface area contributed by atoms with E-state index in [1.165, 1.54) is 12.3 Å². The molecule has 0 spiro atoms. The molecule has 3 rings (SSSR count). The van der Waals surface area contributed by atoms with Crippen LogP contribution in [0.3, 0.4) is 0 Å². The fourth-order valence-corrected chi connectivity index (χ4v) is 2.35. The molecule has 0 aliphatic carbocycles. The van der Waals surface area contributed by atoms with E-state index in [1.54, 1.807) is 23.0 Å². The summed E-state index contributed by atoms with van der Waals surface area (Å²) in [7, 11) is 0. The third-order valence-electron chi connectivity index (χ3n) is 3.49. The predicted octanol–water partition coefficient (Wildman–Crippen LogP) is 3.36. The second kappa shape index (κ2) is 6.57. The molecule has 1 N–H and O–H groups in total. The lowest BCUT2D eigenvalue weighted by Crippen LogP contribution is -2.14. The standard InChI is InChI=1S/C17H14F2N4O/c1-2-15-12(10-21-23(15)16-5-3-4-8-20-16)17(24)22-11-6-7-13(18)14(19)9-11/h3-10H,2H2,1H3,(H,22,24). The van der Waals surface area contributed by atoms with Crippen molar-refractivity contribution in [3.05, 3.63) is 71.7 Å². The molecule has 0 radical (unpaired) electrons. The Hall–Kier alpha value is -3.09. The zero-order valence-electron chi connectivity index (χ0n) is 12.8. The van der Waals surface area contributed by atoms with E-state index in [9.17, 15) is 13.6 Å². The number of nitrogens with zero attached hydrogens (tertiary/aromatic N) is 3. The molecule has 0 unspecified atom stereocenters. The van der Waals surface area contributed by atoms with E-state index in [4.69, 9.17) is 0 Å². The molecule has 0 aliphatic heterocycles. The summed E-state index contributed by atoms with van der Waals surface area (Å²) < 4.78 is 27.8. The summed E-state index contributed by atoms with van der Waals surface area (Å²) in [5.74, 6) is -1.83. The Morgan fingerprint density at radius 2 is 2.04 bits per heavy atom. The van der Waals surface area contributed by atoms with Crippen molar-refractivity contribution in [1.29, 1.82) is 0 Å². The van der Waals surface area contributed by atoms with Crippen LogP contribution in [0.15, 0.2) is 48.8 Å². The first-order chi connectivity index (χ1) is 11.6. The van der Waals surface area contributed by atoms with Crippen LogP contribution in [-0.2, 0) is 6.42 Å². The summed E-state index contributed by atoms with van der Waals surface area (Å²) in [5, 5.41) is 6.76. The van der Waals surface area contributed by atoms with Gasteiger partial charge in [0.15, 0.2) is 17.5 Å². The SMILES string of the molecule is CCc1c(C(=O)Nc2ccc(F)c(F)c2)cnn1-c1ccccn1. The van der Waals surface area contributed by atoms with Gasteiger partial charge in [-0.1, -0.05) is 13.0 Å². The molecule has 1 amide bonds. The third-order valence-corrected chi connectivity index (χ3v) is 3.49. The van der Waals surface area contributed by atoms with E-state index < -0.39 is 17.5 Å². The molecule has 3 aromatic rings. The summed E-state index contributed by atoms with van der Waals surface area (Å²) in [4.78, 5) is 16.6. The number of anilines is 1. The number of hydrogen-bond acceptors (Lipinski definition) is 3. The predicted molar refractivity (Wildman–Crippen MR) is 85.0 cm³/mol. The van der Waals surface area contributed by atoms with Gasteiger partial charge in [-0.2, -0.15) is 5.10 Å². The molecular weight excluding hydrogens is 314 g/mol. The topological polar surface area (TPSA) is 59.8 Å². The van der Waals surface area contributed by atoms with Gasteiger partial charge in [0.05, 0.1) is 17.5 Å². The van der Waals surface area contributed by atoms with E-state index in [1.807, 2.05) is 13.0 Å². The van der Waals surface area contributed by atoms with E-state index >= 15 is 0 Å². The first-order valence-electron chi connectivity index (χ1n) is 7.35. The van der Waals surface area contributed by atoms with E-state index in [0.29, 0.717) is 23.5 Å². The number of halogens is 2. The lowest BCUT2D eigenvalue weighted by atomic mass is 10.2. The number of benzene rings is 1. The van der Waals surface area contributed by atoms with Gasteiger partial charge in [0.2, 0.25) is 0 Å². The quantitative estimate of drug-likeness (QED) is 0.799. The van der Waals surface area contributed by atoms with Gasteiger partial charge in [-0.15, -0.1) is 0 Å². The highest BCUT2D eigenvalue weighted by Crippen LogP contribution is 2.18. The first-order valence-corrected chi connectivity index (χ1v) is 7.35. The second-order valence-corrected chi connectivity index (χ2v) is 5.04. The average molecular weight is 328 g/mol. The number of carbonyl (C=O) groups excluding carboxylic acids is 1. The van der Waals surface area contributed by atoms with Crippen molar-refractivity contribution in [3.63, 3.8) is 0 Å². The summed E-state index contributed by atoms with van der Waals surface area (Å²) in [6, 6.07) is 8.58. The Kier molecular flexibility index (Phi) is 4.33. The molecule has 2 heterocycles. The number of pyridine rings is 1. The number of carbonyl (C=O) groups is 1. The van der Waals surface area contributed by atoms with Crippen LogP contribution in [0.5, 0.6) is 0 Å². The van der Waals surface area contributed by atoms with Crippen molar-refractivity contribution in [2.45, 2.75) is 13.3 Å². The highest BCUT2D eigenvalue weighted by atomic mass is 19.2. The summed E-state index contributed by atoms with van der Waals surface area (Å²) in [6.45, 7) is 1.89. The summed E-state index contributed by atoms with van der Waals surface area (Å²) in [6.07, 6.45) is 3.62. The van der Waals surface area contributed by atoms with Crippen molar-refractivity contribution in [2.24, 2.45) is 0 Å². The number of amides is 1. The lowest BCUT2D eigenvalue weighted by Gasteiger charge is -2.08. The van der Waals surface area contributed by atoms with Crippen molar-refractivity contribution >= 4 is 11.6 Å². The van der Waals surface area contributed by atoms with Gasteiger partial charge in [-0.25, -0.2) is 18.4 Å². The number of rotatable bonds is 4. The molecule has 0 saturated heterocycles. The molecule has 2 aromatic heterocycles. The smallest absolute Gasteiger partial charge is 0.259 e. The Morgan fingerprint density at radius 1 is 1.21 bits per heavy atom. The Bertz CT molecular complexity index is 878. The largest absolute Gasteiger partial charge is 0.322 e. The van der Waals surface area contributed by atoms with Gasteiger partial charge < -0.3 is 5.32 Å². The zero-order valence-corrected chi connectivity index (χ0v) is 12.8. The van der Waals surface area contributed by atoms with Gasteiger partial charge >= 0.3 is 0 Å². The van der Waals surface area contributed by atoms with Gasteiger partial charge in [0.25, 0.3) is 5.91 Å². The van der Waals surface area contributed by atoms with Crippen molar-refractivity contribution < 1.29 is 13.6 Å². The second-order valence-electron chi connectivity index (χ2n) is 5.04. The minimum absolute atomic E-state index is 0.173. The minimum Gasteiger partial charge on any atom is -0.322 e. The van der Waals surface area contributed by atoms with Crippen LogP contribution in [-0.4, -0.2) is 20.7 Å². The highest BCUT2D eigenvalue weighted by molar-refractivity contribution is 6.05. The van der Waals surface area contributed by atoms with Crippen LogP contribution in [0.1, 0.15) is 23.0 Å². The zero-order chi connectivity index (χ0) is 17.1. The minimum atomic E-state index is -1.02. The number of aromatic nitrogens is 3. The normalized spacial score (nSPS) is 10.6. The van der Waals surface area contributed by atoms with Gasteiger partial charge in [0.1, 0.15) is 0 Å². The molecule has 0 bridgehead atoms. The molecule has 24 heavy (non-hydrogen) atoms. The molecule has 7 heteroatoms. The van der Waals surface area contributed by atoms with Crippen LogP contribution >= 0.6 is 0 Å². The molecule has 5 nitrogen and oxygen atoms in total. The molecular formula is C17H14F2N4O. The molecule has 122 valence electrons. The van der Waals surface area contributed by atoms with Crippen LogP contribution in [0.2, 0.25) is 0 Å². The van der Waals surface area contributed by atoms with E-state index in [0.717, 1.165) is 12.1 Å². The van der Waals surface area contributed by atoms with Gasteiger partial charge in [0, 0.05) is 18.0 Å². The van der Waals surface area contributed by atoms with Crippen molar-refractivity contribution in [1.82, 2.24) is 14.8 Å². The Labute approximate surface area is 137 Å². The molecule has 0 atom stereocenters. The summed E-state index contributed by atoms with van der Waals surface area (Å²) in [5.41, 5.74) is 1.20. The van der Waals surface area contributed by atoms with Crippen LogP contribution in [0, 0.1) is 11.6 Å². The number of nitrogens with one attached hydrogen (secondary N) is 1. The maximum absolute atomic E-state index is 13.3. The Morgan fingerprint density at radius 3 is 2.71 bits per heavy atom. The average Bonchev–Trinajstić information content (AvgIpc) is 3.03. The maximum Gasteiger partial charge on any atom is 0.259 e. The molecule has 0 saturated carbocycles. The monoisotopic (exact) mass is 328 g/mol. The van der Waals surface area contributed by atoms with Crippen molar-refractivity contribution in [3.8, 4) is 5.82 Å². The summed E-state index contributed by atoms with van der Waals surface area (Å²) >= 11 is 0.